The number of carbonyl (C=O) groups excluding carboxylic acids is 1. The highest BCUT2D eigenvalue weighted by molar-refractivity contribution is 5.85. The van der Waals surface area contributed by atoms with Crippen LogP contribution in [0.1, 0.15) is 32.8 Å². The van der Waals surface area contributed by atoms with Crippen LogP contribution in [0.4, 0.5) is 0 Å². The van der Waals surface area contributed by atoms with Gasteiger partial charge in [0.25, 0.3) is 0 Å². The van der Waals surface area contributed by atoms with Crippen molar-refractivity contribution in [3.63, 3.8) is 0 Å². The summed E-state index contributed by atoms with van der Waals surface area (Å²) in [4.78, 5) is 12.0. The van der Waals surface area contributed by atoms with E-state index >= 15 is 0 Å². The van der Waals surface area contributed by atoms with Gasteiger partial charge in [-0.3, -0.25) is 4.79 Å². The molecule has 0 radical (unpaired) electrons. The molecule has 1 rings (SSSR count). The molecule has 0 aliphatic heterocycles. The Balaban J connectivity index is 0.00000361. The van der Waals surface area contributed by atoms with E-state index in [2.05, 4.69) is 48.7 Å². The third kappa shape index (κ3) is 6.92. The molecule has 0 heterocycles. The zero-order valence-electron chi connectivity index (χ0n) is 12.9. The van der Waals surface area contributed by atoms with E-state index in [4.69, 9.17) is 0 Å². The lowest BCUT2D eigenvalue weighted by molar-refractivity contribution is -0.126. The maximum absolute atomic E-state index is 12.0. The number of carbonyl (C=O) groups is 1. The molecule has 2 N–H and O–H groups in total. The third-order valence-corrected chi connectivity index (χ3v) is 3.30. The van der Waals surface area contributed by atoms with E-state index < -0.39 is 0 Å². The van der Waals surface area contributed by atoms with Crippen molar-refractivity contribution < 1.29 is 4.79 Å². The van der Waals surface area contributed by atoms with Gasteiger partial charge in [-0.1, -0.05) is 37.3 Å². The molecule has 0 aliphatic carbocycles. The molecule has 0 spiro atoms. The molecule has 0 aromatic heterocycles. The predicted octanol–water partition coefficient (Wildman–Crippen LogP) is 2.79. The maximum Gasteiger partial charge on any atom is 0.224 e. The molecular formula is C16H27ClN2O. The van der Waals surface area contributed by atoms with Gasteiger partial charge in [0.05, 0.1) is 0 Å². The van der Waals surface area contributed by atoms with E-state index in [9.17, 15) is 4.79 Å². The lowest BCUT2D eigenvalue weighted by Gasteiger charge is -2.28. The van der Waals surface area contributed by atoms with Crippen LogP contribution in [0.2, 0.25) is 0 Å². The Morgan fingerprint density at radius 3 is 2.40 bits per heavy atom. The minimum atomic E-state index is -0.172. The fraction of sp³-hybridized carbons (Fsp3) is 0.562. The molecule has 0 fully saturated rings. The smallest absolute Gasteiger partial charge is 0.224 e. The molecule has 0 saturated carbocycles. The predicted molar refractivity (Wildman–Crippen MR) is 87.3 cm³/mol. The van der Waals surface area contributed by atoms with Crippen molar-refractivity contribution in [1.29, 1.82) is 0 Å². The van der Waals surface area contributed by atoms with Crippen molar-refractivity contribution in [2.45, 2.75) is 39.2 Å². The molecule has 1 amide bonds. The Hall–Kier alpha value is -1.06. The van der Waals surface area contributed by atoms with Gasteiger partial charge in [-0.05, 0) is 39.3 Å². The number of halogens is 1. The second kappa shape index (κ2) is 8.98. The van der Waals surface area contributed by atoms with E-state index in [0.29, 0.717) is 6.54 Å². The number of aryl methyl sites for hydroxylation is 1. The number of benzene rings is 1. The molecule has 4 heteroatoms. The van der Waals surface area contributed by atoms with E-state index in [1.807, 2.05) is 20.0 Å². The molecule has 3 nitrogen and oxygen atoms in total. The molecule has 1 aromatic carbocycles. The first-order valence-electron chi connectivity index (χ1n) is 6.95. The summed E-state index contributed by atoms with van der Waals surface area (Å²) in [6.07, 6.45) is 1.92. The highest BCUT2D eigenvalue weighted by atomic mass is 35.5. The summed E-state index contributed by atoms with van der Waals surface area (Å²) in [6, 6.07) is 10.4. The molecule has 1 unspecified atom stereocenters. The van der Waals surface area contributed by atoms with Crippen LogP contribution < -0.4 is 10.6 Å². The fourth-order valence-electron chi connectivity index (χ4n) is 2.02. The van der Waals surface area contributed by atoms with Crippen molar-refractivity contribution in [2.75, 3.05) is 13.6 Å². The summed E-state index contributed by atoms with van der Waals surface area (Å²) < 4.78 is 0. The topological polar surface area (TPSA) is 41.1 Å². The molecule has 114 valence electrons. The lowest BCUT2D eigenvalue weighted by atomic mass is 9.94. The van der Waals surface area contributed by atoms with Crippen molar-refractivity contribution in [3.8, 4) is 0 Å². The minimum Gasteiger partial charge on any atom is -0.351 e. The second-order valence-electron chi connectivity index (χ2n) is 5.82. The Morgan fingerprint density at radius 2 is 1.85 bits per heavy atom. The first-order valence-corrected chi connectivity index (χ1v) is 6.95. The van der Waals surface area contributed by atoms with Crippen LogP contribution in [-0.2, 0) is 11.2 Å². The SMILES string of the molecule is CNCC(C)C(=O)NC(C)(C)CCc1ccccc1.Cl. The van der Waals surface area contributed by atoms with E-state index in [1.165, 1.54) is 5.56 Å². The Labute approximate surface area is 128 Å². The van der Waals surface area contributed by atoms with Crippen LogP contribution >= 0.6 is 12.4 Å². The van der Waals surface area contributed by atoms with Gasteiger partial charge < -0.3 is 10.6 Å². The zero-order chi connectivity index (χ0) is 14.3. The number of hydrogen-bond donors (Lipinski definition) is 2. The summed E-state index contributed by atoms with van der Waals surface area (Å²) in [7, 11) is 1.87. The van der Waals surface area contributed by atoms with Gasteiger partial charge in [-0.25, -0.2) is 0 Å². The molecule has 0 aliphatic rings. The largest absolute Gasteiger partial charge is 0.351 e. The first-order chi connectivity index (χ1) is 8.94. The Bertz CT molecular complexity index is 393. The van der Waals surface area contributed by atoms with Gasteiger partial charge >= 0.3 is 0 Å². The average Bonchev–Trinajstić information content (AvgIpc) is 2.37. The molecule has 0 saturated heterocycles. The number of rotatable bonds is 7. The lowest BCUT2D eigenvalue weighted by Crippen LogP contribution is -2.47. The van der Waals surface area contributed by atoms with Gasteiger partial charge in [0, 0.05) is 18.0 Å². The van der Waals surface area contributed by atoms with Crippen LogP contribution in [0.25, 0.3) is 0 Å². The average molecular weight is 299 g/mol. The van der Waals surface area contributed by atoms with Crippen LogP contribution in [0.3, 0.4) is 0 Å². The monoisotopic (exact) mass is 298 g/mol. The molecule has 20 heavy (non-hydrogen) atoms. The molecule has 0 bridgehead atoms. The van der Waals surface area contributed by atoms with E-state index in [1.54, 1.807) is 0 Å². The molecule has 1 aromatic rings. The van der Waals surface area contributed by atoms with Crippen molar-refractivity contribution in [3.05, 3.63) is 35.9 Å². The summed E-state index contributed by atoms with van der Waals surface area (Å²) >= 11 is 0. The summed E-state index contributed by atoms with van der Waals surface area (Å²) in [6.45, 7) is 6.82. The molecular weight excluding hydrogens is 272 g/mol. The van der Waals surface area contributed by atoms with E-state index in [0.717, 1.165) is 12.8 Å². The second-order valence-corrected chi connectivity index (χ2v) is 5.82. The van der Waals surface area contributed by atoms with E-state index in [-0.39, 0.29) is 29.8 Å². The van der Waals surface area contributed by atoms with Crippen LogP contribution in [0.15, 0.2) is 30.3 Å². The van der Waals surface area contributed by atoms with Gasteiger partial charge in [0.15, 0.2) is 0 Å². The standard InChI is InChI=1S/C16H26N2O.ClH/c1-13(12-17-4)15(19)18-16(2,3)11-10-14-8-6-5-7-9-14;/h5-9,13,17H,10-12H2,1-4H3,(H,18,19);1H. The number of amides is 1. The third-order valence-electron chi connectivity index (χ3n) is 3.30. The summed E-state index contributed by atoms with van der Waals surface area (Å²) in [5.41, 5.74) is 1.14. The van der Waals surface area contributed by atoms with Crippen LogP contribution in [0.5, 0.6) is 0 Å². The van der Waals surface area contributed by atoms with Crippen LogP contribution in [0, 0.1) is 5.92 Å². The normalized spacial score (nSPS) is 12.4. The number of nitrogens with one attached hydrogen (secondary N) is 2. The summed E-state index contributed by atoms with van der Waals surface area (Å²) in [5, 5.41) is 6.16. The quantitative estimate of drug-likeness (QED) is 0.813. The van der Waals surface area contributed by atoms with Crippen molar-refractivity contribution >= 4 is 18.3 Å². The Kier molecular flexibility index (Phi) is 8.51. The van der Waals surface area contributed by atoms with Crippen LogP contribution in [-0.4, -0.2) is 25.0 Å². The van der Waals surface area contributed by atoms with Crippen molar-refractivity contribution in [1.82, 2.24) is 10.6 Å². The molecule has 1 atom stereocenters. The Morgan fingerprint density at radius 1 is 1.25 bits per heavy atom. The van der Waals surface area contributed by atoms with Crippen molar-refractivity contribution in [2.24, 2.45) is 5.92 Å². The maximum atomic E-state index is 12.0. The van der Waals surface area contributed by atoms with Gasteiger partial charge in [0.1, 0.15) is 0 Å². The number of hydrogen-bond acceptors (Lipinski definition) is 2. The van der Waals surface area contributed by atoms with Gasteiger partial charge in [-0.2, -0.15) is 0 Å². The van der Waals surface area contributed by atoms with Gasteiger partial charge in [0.2, 0.25) is 5.91 Å². The fourth-order valence-corrected chi connectivity index (χ4v) is 2.02. The summed E-state index contributed by atoms with van der Waals surface area (Å²) in [5.74, 6) is 0.119. The zero-order valence-corrected chi connectivity index (χ0v) is 13.7. The first kappa shape index (κ1) is 18.9. The van der Waals surface area contributed by atoms with Gasteiger partial charge in [-0.15, -0.1) is 12.4 Å². The highest BCUT2D eigenvalue weighted by Gasteiger charge is 2.22. The highest BCUT2D eigenvalue weighted by Crippen LogP contribution is 2.14. The minimum absolute atomic E-state index is 0.